The van der Waals surface area contributed by atoms with Crippen LogP contribution in [0, 0.1) is 17.7 Å². The van der Waals surface area contributed by atoms with E-state index in [1.165, 1.54) is 36.7 Å². The van der Waals surface area contributed by atoms with Crippen molar-refractivity contribution in [3.8, 4) is 0 Å². The summed E-state index contributed by atoms with van der Waals surface area (Å²) in [5.41, 5.74) is 6.18. The highest BCUT2D eigenvalue weighted by Gasteiger charge is 2.37. The van der Waals surface area contributed by atoms with E-state index in [1.807, 2.05) is 0 Å². The fraction of sp³-hybridized carbons (Fsp3) is 0.429. The first-order valence-corrected chi connectivity index (χ1v) is 14.2. The number of thioether (sulfide) groups is 1. The van der Waals surface area contributed by atoms with Crippen molar-refractivity contribution >= 4 is 40.9 Å². The molecule has 40 heavy (non-hydrogen) atoms. The number of halogens is 4. The van der Waals surface area contributed by atoms with Gasteiger partial charge in [0.2, 0.25) is 18.0 Å². The van der Waals surface area contributed by atoms with Crippen LogP contribution in [0.2, 0.25) is 0 Å². The molecule has 1 aliphatic heterocycles. The molecular formula is C28H32F4N4O3S. The van der Waals surface area contributed by atoms with Gasteiger partial charge in [-0.05, 0) is 24.7 Å². The predicted octanol–water partition coefficient (Wildman–Crippen LogP) is 5.02. The molecule has 3 amide bonds. The monoisotopic (exact) mass is 580 g/mol. The Morgan fingerprint density at radius 3 is 2.35 bits per heavy atom. The van der Waals surface area contributed by atoms with Gasteiger partial charge in [-0.15, -0.1) is 11.8 Å². The highest BCUT2D eigenvalue weighted by molar-refractivity contribution is 7.98. The van der Waals surface area contributed by atoms with Crippen molar-refractivity contribution in [3.63, 3.8) is 0 Å². The summed E-state index contributed by atoms with van der Waals surface area (Å²) < 4.78 is 53.4. The van der Waals surface area contributed by atoms with Crippen LogP contribution in [-0.4, -0.2) is 47.9 Å². The zero-order valence-corrected chi connectivity index (χ0v) is 23.0. The van der Waals surface area contributed by atoms with Crippen LogP contribution in [0.1, 0.15) is 50.2 Å². The largest absolute Gasteiger partial charge is 0.389 e. The normalized spacial score (nSPS) is 17.6. The Labute approximate surface area is 234 Å². The lowest BCUT2D eigenvalue weighted by Crippen LogP contribution is -2.49. The molecule has 0 saturated heterocycles. The number of rotatable bonds is 9. The number of nitrogens with one attached hydrogen (secondary N) is 1. The molecule has 0 radical (unpaired) electrons. The lowest BCUT2D eigenvalue weighted by atomic mass is 9.97. The zero-order valence-electron chi connectivity index (χ0n) is 22.2. The van der Waals surface area contributed by atoms with E-state index >= 15 is 4.39 Å². The van der Waals surface area contributed by atoms with E-state index in [-0.39, 0.29) is 17.3 Å². The number of hydrogen-bond acceptors (Lipinski definition) is 5. The molecule has 1 fully saturated rings. The van der Waals surface area contributed by atoms with Crippen LogP contribution in [0.5, 0.6) is 0 Å². The zero-order chi connectivity index (χ0) is 29.4. The summed E-state index contributed by atoms with van der Waals surface area (Å²) in [7, 11) is 0. The summed E-state index contributed by atoms with van der Waals surface area (Å²) >= 11 is 1.23. The fourth-order valence-electron chi connectivity index (χ4n) is 4.00. The van der Waals surface area contributed by atoms with E-state index in [4.69, 9.17) is 5.73 Å². The minimum atomic E-state index is -4.55. The van der Waals surface area contributed by atoms with Crippen molar-refractivity contribution in [2.75, 3.05) is 17.0 Å². The average molecular weight is 581 g/mol. The molecule has 2 atom stereocenters. The maximum atomic E-state index is 15.1. The minimum Gasteiger partial charge on any atom is -0.370 e. The number of hydrogen-bond donors (Lipinski definition) is 2. The Bertz CT molecular complexity index is 1240. The highest BCUT2D eigenvalue weighted by atomic mass is 32.2. The van der Waals surface area contributed by atoms with Gasteiger partial charge in [-0.1, -0.05) is 62.2 Å². The van der Waals surface area contributed by atoms with E-state index in [0.29, 0.717) is 11.1 Å². The van der Waals surface area contributed by atoms with E-state index in [0.717, 1.165) is 10.8 Å². The number of aliphatic imine (C=N–C) groups is 1. The fourth-order valence-corrected chi connectivity index (χ4v) is 4.51. The molecule has 1 aliphatic carbocycles. The van der Waals surface area contributed by atoms with Crippen molar-refractivity contribution < 1.29 is 31.9 Å². The Kier molecular flexibility index (Phi) is 10.7. The number of anilines is 1. The number of alkyl halides is 3. The van der Waals surface area contributed by atoms with Gasteiger partial charge >= 0.3 is 6.18 Å². The second-order valence-electron chi connectivity index (χ2n) is 9.78. The first-order chi connectivity index (χ1) is 18.9. The second kappa shape index (κ2) is 13.8. The Balaban J connectivity index is 0.00000101. The van der Waals surface area contributed by atoms with Crippen LogP contribution in [0.15, 0.2) is 53.5 Å². The second-order valence-corrected chi connectivity index (χ2v) is 10.6. The molecular weight excluding hydrogens is 548 g/mol. The molecule has 0 aromatic heterocycles. The highest BCUT2D eigenvalue weighted by Crippen LogP contribution is 2.32. The molecule has 1 saturated carbocycles. The van der Waals surface area contributed by atoms with Gasteiger partial charge in [0.25, 0.3) is 5.91 Å². The molecule has 3 N–H and O–H groups in total. The average Bonchev–Trinajstić information content (AvgIpc) is 3.70. The third-order valence-corrected chi connectivity index (χ3v) is 6.83. The summed E-state index contributed by atoms with van der Waals surface area (Å²) in [5, 5.41) is 2.37. The van der Waals surface area contributed by atoms with Gasteiger partial charge in [0.15, 0.2) is 0 Å². The first-order valence-electron chi connectivity index (χ1n) is 12.8. The number of benzene rings is 2. The van der Waals surface area contributed by atoms with Crippen molar-refractivity contribution in [2.24, 2.45) is 22.6 Å². The topological polar surface area (TPSA) is 105 Å². The van der Waals surface area contributed by atoms with E-state index in [1.54, 1.807) is 42.7 Å². The van der Waals surface area contributed by atoms with Crippen molar-refractivity contribution in [1.29, 1.82) is 0 Å². The molecule has 4 rings (SSSR count). The third kappa shape index (κ3) is 8.80. The number of nitrogens with zero attached hydrogens (tertiary/aromatic N) is 2. The molecule has 1 unspecified atom stereocenters. The Morgan fingerprint density at radius 1 is 1.15 bits per heavy atom. The number of carbonyl (C=O) groups is 3. The first kappa shape index (κ1) is 31.1. The lowest BCUT2D eigenvalue weighted by Gasteiger charge is -2.26. The van der Waals surface area contributed by atoms with Gasteiger partial charge in [0.1, 0.15) is 5.82 Å². The van der Waals surface area contributed by atoms with Gasteiger partial charge in [-0.3, -0.25) is 19.3 Å². The van der Waals surface area contributed by atoms with Crippen LogP contribution in [0.4, 0.5) is 23.2 Å². The number of benzodiazepines with no additional fused rings is 1. The number of primary amides is 1. The maximum absolute atomic E-state index is 15.1. The minimum absolute atomic E-state index is 0.0233. The Hall–Kier alpha value is -3.41. The number of para-hydroxylation sites is 1. The quantitative estimate of drug-likeness (QED) is 0.407. The molecule has 0 spiro atoms. The molecule has 216 valence electrons. The lowest BCUT2D eigenvalue weighted by molar-refractivity contribution is -0.143. The van der Waals surface area contributed by atoms with Gasteiger partial charge in [-0.2, -0.15) is 13.2 Å². The van der Waals surface area contributed by atoms with Crippen molar-refractivity contribution in [3.05, 3.63) is 65.5 Å². The molecule has 1 heterocycles. The predicted molar refractivity (Wildman–Crippen MR) is 147 cm³/mol. The SMILES string of the molecule is CC1CC1.CSCN1C(=O)C(NC(=O)[C@H](CCC(F)(F)F)CC(N)=O)N=C(c2ccccc2)c2cccc(F)c21. The summed E-state index contributed by atoms with van der Waals surface area (Å²) in [6, 6.07) is 12.8. The van der Waals surface area contributed by atoms with Gasteiger partial charge in [0.05, 0.1) is 17.3 Å². The Morgan fingerprint density at radius 2 is 1.80 bits per heavy atom. The van der Waals surface area contributed by atoms with Gasteiger partial charge in [0, 0.05) is 29.9 Å². The molecule has 7 nitrogen and oxygen atoms in total. The number of nitrogens with two attached hydrogens (primary N) is 1. The number of fused-ring (bicyclic) bond motifs is 1. The van der Waals surface area contributed by atoms with Crippen LogP contribution in [0.25, 0.3) is 0 Å². The van der Waals surface area contributed by atoms with Crippen LogP contribution >= 0.6 is 11.8 Å². The maximum Gasteiger partial charge on any atom is 0.389 e. The molecule has 2 aromatic carbocycles. The molecule has 12 heteroatoms. The van der Waals surface area contributed by atoms with Crippen LogP contribution < -0.4 is 16.0 Å². The smallest absolute Gasteiger partial charge is 0.370 e. The summed E-state index contributed by atoms with van der Waals surface area (Å²) in [6.07, 6.45) is -4.11. The summed E-state index contributed by atoms with van der Waals surface area (Å²) in [5.74, 6) is -3.72. The van der Waals surface area contributed by atoms with E-state index < -0.39 is 61.1 Å². The summed E-state index contributed by atoms with van der Waals surface area (Å²) in [4.78, 5) is 43.4. The molecule has 2 aliphatic rings. The van der Waals surface area contributed by atoms with Crippen molar-refractivity contribution in [1.82, 2.24) is 5.32 Å². The third-order valence-electron chi connectivity index (χ3n) is 6.32. The number of amides is 3. The van der Waals surface area contributed by atoms with E-state index in [9.17, 15) is 27.6 Å². The molecule has 2 aromatic rings. The van der Waals surface area contributed by atoms with Crippen LogP contribution in [0.3, 0.4) is 0 Å². The van der Waals surface area contributed by atoms with Gasteiger partial charge in [-0.25, -0.2) is 9.38 Å². The van der Waals surface area contributed by atoms with E-state index in [2.05, 4.69) is 17.2 Å². The van der Waals surface area contributed by atoms with Gasteiger partial charge < -0.3 is 11.1 Å². The standard InChI is InChI=1S/C24H24F4N4O3S.C4H8/c1-36-13-32-20-16(8-5-9-17(20)25)19(14-6-3-2-4-7-14)30-21(23(32)35)31-22(34)15(12-18(29)33)10-11-24(26,27)28;1-4-2-3-4/h2-9,15,21H,10-13H2,1H3,(H2,29,33)(H,31,34);4H,2-3H2,1H3/t15-,21?;/m1./s1. The molecule has 0 bridgehead atoms. The summed E-state index contributed by atoms with van der Waals surface area (Å²) in [6.45, 7) is 2.28. The van der Waals surface area contributed by atoms with Crippen LogP contribution in [-0.2, 0) is 14.4 Å². The van der Waals surface area contributed by atoms with Crippen molar-refractivity contribution in [2.45, 2.75) is 51.4 Å². The number of carbonyl (C=O) groups excluding carboxylic acids is 3.